The van der Waals surface area contributed by atoms with Crippen LogP contribution in [0.2, 0.25) is 0 Å². The number of ketones is 1. The number of fused-ring (bicyclic) bond motifs is 1. The van der Waals surface area contributed by atoms with E-state index in [4.69, 9.17) is 0 Å². The molecule has 0 N–H and O–H groups in total. The zero-order chi connectivity index (χ0) is 15.6. The van der Waals surface area contributed by atoms with Crippen molar-refractivity contribution in [1.82, 2.24) is 0 Å². The Labute approximate surface area is 130 Å². The molecule has 0 bridgehead atoms. The number of allylic oxidation sites excluding steroid dienone is 5. The maximum Gasteiger partial charge on any atom is 0.142 e. The molecule has 0 aromatic heterocycles. The van der Waals surface area contributed by atoms with Crippen molar-refractivity contribution >= 4 is 5.78 Å². The fourth-order valence-corrected chi connectivity index (χ4v) is 4.01. The SMILES string of the molecule is C=C1CC/C=C(\C)CC[C@@H]2[C@@H]1C[C@@]2(C)C(=O)CC=C(C)C. The molecular formula is C20H30O. The first-order valence-electron chi connectivity index (χ1n) is 8.34. The van der Waals surface area contributed by atoms with Gasteiger partial charge in [-0.25, -0.2) is 0 Å². The second-order valence-corrected chi connectivity index (χ2v) is 7.53. The van der Waals surface area contributed by atoms with Crippen LogP contribution in [0.4, 0.5) is 0 Å². The van der Waals surface area contributed by atoms with Gasteiger partial charge >= 0.3 is 0 Å². The minimum atomic E-state index is -0.121. The summed E-state index contributed by atoms with van der Waals surface area (Å²) in [5.74, 6) is 1.51. The van der Waals surface area contributed by atoms with Gasteiger partial charge in [0, 0.05) is 11.8 Å². The van der Waals surface area contributed by atoms with E-state index in [0.29, 0.717) is 24.0 Å². The molecule has 0 amide bonds. The number of hydrogen-bond donors (Lipinski definition) is 0. The van der Waals surface area contributed by atoms with E-state index in [-0.39, 0.29) is 5.41 Å². The Bertz CT molecular complexity index is 490. The molecule has 1 fully saturated rings. The second kappa shape index (κ2) is 6.34. The molecule has 2 aliphatic carbocycles. The predicted molar refractivity (Wildman–Crippen MR) is 90.1 cm³/mol. The van der Waals surface area contributed by atoms with Crippen LogP contribution in [0, 0.1) is 17.3 Å². The van der Waals surface area contributed by atoms with Crippen LogP contribution in [0.15, 0.2) is 35.5 Å². The van der Waals surface area contributed by atoms with Gasteiger partial charge in [-0.1, -0.05) is 42.4 Å². The van der Waals surface area contributed by atoms with E-state index >= 15 is 0 Å². The topological polar surface area (TPSA) is 17.1 Å². The number of carbonyl (C=O) groups is 1. The number of carbonyl (C=O) groups excluding carboxylic acids is 1. The molecule has 3 atom stereocenters. The van der Waals surface area contributed by atoms with Crippen molar-refractivity contribution in [3.8, 4) is 0 Å². The van der Waals surface area contributed by atoms with Crippen molar-refractivity contribution in [1.29, 1.82) is 0 Å². The van der Waals surface area contributed by atoms with Crippen molar-refractivity contribution in [2.45, 2.75) is 66.2 Å². The van der Waals surface area contributed by atoms with Crippen LogP contribution in [0.1, 0.15) is 66.2 Å². The normalized spacial score (nSPS) is 35.2. The highest BCUT2D eigenvalue weighted by Gasteiger charge is 2.54. The Hall–Kier alpha value is -1.11. The fourth-order valence-electron chi connectivity index (χ4n) is 4.01. The second-order valence-electron chi connectivity index (χ2n) is 7.53. The standard InChI is InChI=1S/C20H30O/c1-14(2)9-12-19(21)20(5)13-17-16(4)8-6-7-15(3)10-11-18(17)20/h7,9,17-18H,4,6,8,10-13H2,1-3,5H3/b15-7+/t17-,18-,20-/m1/s1. The lowest BCUT2D eigenvalue weighted by Gasteiger charge is -2.53. The molecule has 116 valence electrons. The molecule has 2 aliphatic rings. The van der Waals surface area contributed by atoms with E-state index in [1.165, 1.54) is 16.7 Å². The Balaban J connectivity index is 2.13. The van der Waals surface area contributed by atoms with Gasteiger partial charge < -0.3 is 0 Å². The quantitative estimate of drug-likeness (QED) is 0.614. The van der Waals surface area contributed by atoms with Gasteiger partial charge in [-0.15, -0.1) is 0 Å². The lowest BCUT2D eigenvalue weighted by atomic mass is 9.49. The van der Waals surface area contributed by atoms with Crippen LogP contribution in [-0.2, 0) is 4.79 Å². The summed E-state index contributed by atoms with van der Waals surface area (Å²) in [4.78, 5) is 12.7. The fraction of sp³-hybridized carbons (Fsp3) is 0.650. The van der Waals surface area contributed by atoms with Crippen molar-refractivity contribution in [3.63, 3.8) is 0 Å². The first kappa shape index (κ1) is 16.3. The Morgan fingerprint density at radius 1 is 1.43 bits per heavy atom. The van der Waals surface area contributed by atoms with Crippen molar-refractivity contribution in [2.24, 2.45) is 17.3 Å². The Morgan fingerprint density at radius 3 is 2.81 bits per heavy atom. The highest BCUT2D eigenvalue weighted by atomic mass is 16.1. The number of Topliss-reactive ketones (excluding diaryl/α,β-unsaturated/α-hetero) is 1. The molecule has 0 aromatic rings. The third-order valence-electron chi connectivity index (χ3n) is 5.61. The summed E-state index contributed by atoms with van der Waals surface area (Å²) in [5.41, 5.74) is 3.97. The van der Waals surface area contributed by atoms with Crippen LogP contribution < -0.4 is 0 Å². The van der Waals surface area contributed by atoms with Crippen molar-refractivity contribution in [3.05, 3.63) is 35.5 Å². The van der Waals surface area contributed by atoms with Crippen LogP contribution >= 0.6 is 0 Å². The van der Waals surface area contributed by atoms with Gasteiger partial charge in [-0.2, -0.15) is 0 Å². The highest BCUT2D eigenvalue weighted by molar-refractivity contribution is 5.87. The van der Waals surface area contributed by atoms with Crippen LogP contribution in [-0.4, -0.2) is 5.78 Å². The van der Waals surface area contributed by atoms with Gasteiger partial charge in [0.25, 0.3) is 0 Å². The summed E-state index contributed by atoms with van der Waals surface area (Å²) >= 11 is 0. The minimum absolute atomic E-state index is 0.121. The predicted octanol–water partition coefficient (Wildman–Crippen LogP) is 5.63. The minimum Gasteiger partial charge on any atom is -0.299 e. The third-order valence-corrected chi connectivity index (χ3v) is 5.61. The molecule has 0 heterocycles. The van der Waals surface area contributed by atoms with Gasteiger partial charge in [0.1, 0.15) is 5.78 Å². The number of rotatable bonds is 3. The monoisotopic (exact) mass is 286 g/mol. The van der Waals surface area contributed by atoms with Crippen LogP contribution in [0.5, 0.6) is 0 Å². The molecule has 0 aliphatic heterocycles. The highest BCUT2D eigenvalue weighted by Crippen LogP contribution is 2.57. The van der Waals surface area contributed by atoms with Gasteiger partial charge in [0.15, 0.2) is 0 Å². The molecule has 1 nitrogen and oxygen atoms in total. The van der Waals surface area contributed by atoms with E-state index in [1.807, 2.05) is 0 Å². The molecule has 1 saturated carbocycles. The van der Waals surface area contributed by atoms with Gasteiger partial charge in [0.05, 0.1) is 0 Å². The maximum atomic E-state index is 12.7. The van der Waals surface area contributed by atoms with Gasteiger partial charge in [0.2, 0.25) is 0 Å². The van der Waals surface area contributed by atoms with Crippen LogP contribution in [0.25, 0.3) is 0 Å². The summed E-state index contributed by atoms with van der Waals surface area (Å²) < 4.78 is 0. The largest absolute Gasteiger partial charge is 0.299 e. The first-order valence-corrected chi connectivity index (χ1v) is 8.34. The van der Waals surface area contributed by atoms with Crippen molar-refractivity contribution in [2.75, 3.05) is 0 Å². The molecular weight excluding hydrogens is 256 g/mol. The Morgan fingerprint density at radius 2 is 2.14 bits per heavy atom. The van der Waals surface area contributed by atoms with E-state index < -0.39 is 0 Å². The molecule has 21 heavy (non-hydrogen) atoms. The van der Waals surface area contributed by atoms with Crippen LogP contribution in [0.3, 0.4) is 0 Å². The molecule has 0 radical (unpaired) electrons. The van der Waals surface area contributed by atoms with E-state index in [1.54, 1.807) is 0 Å². The average molecular weight is 286 g/mol. The lowest BCUT2D eigenvalue weighted by Crippen LogP contribution is -2.51. The molecule has 2 rings (SSSR count). The third kappa shape index (κ3) is 3.39. The zero-order valence-electron chi connectivity index (χ0n) is 14.2. The van der Waals surface area contributed by atoms with E-state index in [2.05, 4.69) is 46.4 Å². The smallest absolute Gasteiger partial charge is 0.142 e. The summed E-state index contributed by atoms with van der Waals surface area (Å²) in [6.45, 7) is 12.9. The van der Waals surface area contributed by atoms with Gasteiger partial charge in [-0.05, 0) is 64.7 Å². The Kier molecular flexibility index (Phi) is 4.91. The maximum absolute atomic E-state index is 12.7. The molecule has 0 unspecified atom stereocenters. The summed E-state index contributed by atoms with van der Waals surface area (Å²) in [6.07, 6.45) is 10.6. The zero-order valence-corrected chi connectivity index (χ0v) is 14.2. The molecule has 0 aromatic carbocycles. The van der Waals surface area contributed by atoms with E-state index in [0.717, 1.165) is 32.1 Å². The van der Waals surface area contributed by atoms with E-state index in [9.17, 15) is 4.79 Å². The lowest BCUT2D eigenvalue weighted by molar-refractivity contribution is -0.142. The summed E-state index contributed by atoms with van der Waals surface area (Å²) in [7, 11) is 0. The van der Waals surface area contributed by atoms with Gasteiger partial charge in [-0.3, -0.25) is 4.79 Å². The number of hydrogen-bond acceptors (Lipinski definition) is 1. The molecule has 0 saturated heterocycles. The summed E-state index contributed by atoms with van der Waals surface area (Å²) in [5, 5.41) is 0. The average Bonchev–Trinajstić information content (AvgIpc) is 2.45. The first-order chi connectivity index (χ1) is 9.84. The summed E-state index contributed by atoms with van der Waals surface area (Å²) in [6, 6.07) is 0. The molecule has 1 heteroatoms. The molecule has 0 spiro atoms. The van der Waals surface area contributed by atoms with Crippen molar-refractivity contribution < 1.29 is 4.79 Å².